The zero-order chi connectivity index (χ0) is 21.9. The molecule has 0 aliphatic rings. The van der Waals surface area contributed by atoms with E-state index >= 15 is 0 Å². The average Bonchev–Trinajstić information content (AvgIpc) is 2.59. The van der Waals surface area contributed by atoms with E-state index in [0.29, 0.717) is 0 Å². The quantitative estimate of drug-likeness (QED) is 0.736. The van der Waals surface area contributed by atoms with Crippen molar-refractivity contribution < 1.29 is 26.4 Å². The van der Waals surface area contributed by atoms with Crippen molar-refractivity contribution in [3.63, 3.8) is 0 Å². The van der Waals surface area contributed by atoms with Crippen LogP contribution in [0.1, 0.15) is 42.3 Å². The molecule has 0 unspecified atom stereocenters. The maximum absolute atomic E-state index is 13.0. The van der Waals surface area contributed by atoms with Crippen LogP contribution in [0.15, 0.2) is 53.4 Å². The van der Waals surface area contributed by atoms with Gasteiger partial charge in [-0.1, -0.05) is 18.2 Å². The Balaban J connectivity index is 2.01. The van der Waals surface area contributed by atoms with Crippen LogP contribution >= 0.6 is 0 Å². The molecule has 0 fully saturated rings. The first-order valence-electron chi connectivity index (χ1n) is 8.87. The minimum Gasteiger partial charge on any atom is -0.352 e. The number of nitrogens with one attached hydrogen (secondary N) is 2. The fourth-order valence-electron chi connectivity index (χ4n) is 2.68. The Bertz CT molecular complexity index is 964. The molecule has 2 rings (SSSR count). The molecule has 0 aromatic heterocycles. The van der Waals surface area contributed by atoms with Gasteiger partial charge in [0.15, 0.2) is 0 Å². The number of carbonyl (C=O) groups is 1. The molecule has 29 heavy (non-hydrogen) atoms. The highest BCUT2D eigenvalue weighted by Gasteiger charge is 2.32. The molecule has 0 radical (unpaired) electrons. The number of rotatable bonds is 6. The molecule has 0 heterocycles. The van der Waals surface area contributed by atoms with Crippen LogP contribution in [-0.4, -0.2) is 26.4 Å². The molecular weight excluding hydrogens is 405 g/mol. The number of hydrogen-bond donors (Lipinski definition) is 2. The van der Waals surface area contributed by atoms with Gasteiger partial charge in [-0.05, 0) is 63.1 Å². The van der Waals surface area contributed by atoms with Crippen LogP contribution in [0, 0.1) is 0 Å². The summed E-state index contributed by atoms with van der Waals surface area (Å²) in [6, 6.07) is 10.5. The Kier molecular flexibility index (Phi) is 6.74. The van der Waals surface area contributed by atoms with Gasteiger partial charge in [-0.2, -0.15) is 13.2 Å². The lowest BCUT2D eigenvalue weighted by Crippen LogP contribution is -2.40. The smallest absolute Gasteiger partial charge is 0.352 e. The van der Waals surface area contributed by atoms with E-state index in [-0.39, 0.29) is 29.0 Å². The van der Waals surface area contributed by atoms with Crippen molar-refractivity contribution in [2.24, 2.45) is 0 Å². The van der Waals surface area contributed by atoms with Crippen molar-refractivity contribution in [1.82, 2.24) is 10.0 Å². The van der Waals surface area contributed by atoms with Gasteiger partial charge in [0.25, 0.3) is 5.91 Å². The first-order chi connectivity index (χ1) is 13.3. The van der Waals surface area contributed by atoms with Crippen LogP contribution in [0.3, 0.4) is 0 Å². The van der Waals surface area contributed by atoms with Crippen molar-refractivity contribution in [1.29, 1.82) is 0 Å². The summed E-state index contributed by atoms with van der Waals surface area (Å²) >= 11 is 0. The lowest BCUT2D eigenvalue weighted by atomic mass is 10.0. The monoisotopic (exact) mass is 428 g/mol. The van der Waals surface area contributed by atoms with E-state index in [4.69, 9.17) is 0 Å². The predicted octanol–water partition coefficient (Wildman–Crippen LogP) is 3.75. The van der Waals surface area contributed by atoms with Gasteiger partial charge in [0.05, 0.1) is 10.5 Å². The van der Waals surface area contributed by atoms with Crippen LogP contribution < -0.4 is 10.0 Å². The number of benzene rings is 2. The molecule has 158 valence electrons. The molecule has 2 aromatic rings. The van der Waals surface area contributed by atoms with Crippen LogP contribution in [0.2, 0.25) is 0 Å². The Morgan fingerprint density at radius 1 is 0.966 bits per heavy atom. The molecule has 0 atom stereocenters. The topological polar surface area (TPSA) is 75.3 Å². The maximum atomic E-state index is 13.0. The van der Waals surface area contributed by atoms with Gasteiger partial charge in [0.1, 0.15) is 0 Å². The number of carbonyl (C=O) groups excluding carboxylic acids is 1. The molecule has 0 bridgehead atoms. The van der Waals surface area contributed by atoms with E-state index in [1.807, 2.05) is 0 Å². The van der Waals surface area contributed by atoms with E-state index in [2.05, 4.69) is 10.0 Å². The van der Waals surface area contributed by atoms with Crippen LogP contribution in [-0.2, 0) is 22.6 Å². The lowest BCUT2D eigenvalue weighted by Gasteiger charge is -2.20. The van der Waals surface area contributed by atoms with E-state index in [1.54, 1.807) is 20.8 Å². The van der Waals surface area contributed by atoms with Crippen LogP contribution in [0.25, 0.3) is 0 Å². The first-order valence-corrected chi connectivity index (χ1v) is 10.4. The summed E-state index contributed by atoms with van der Waals surface area (Å²) in [5.41, 5.74) is -1.07. The number of halogens is 3. The third-order valence-corrected chi connectivity index (χ3v) is 5.64. The van der Waals surface area contributed by atoms with E-state index in [1.165, 1.54) is 42.5 Å². The normalized spacial score (nSPS) is 12.6. The van der Waals surface area contributed by atoms with Crippen molar-refractivity contribution in [3.05, 3.63) is 65.2 Å². The molecular formula is C20H23F3N2O3S. The van der Waals surface area contributed by atoms with Gasteiger partial charge in [-0.25, -0.2) is 13.1 Å². The molecule has 0 saturated carbocycles. The van der Waals surface area contributed by atoms with E-state index in [9.17, 15) is 26.4 Å². The highest BCUT2D eigenvalue weighted by molar-refractivity contribution is 7.89. The average molecular weight is 428 g/mol. The minimum absolute atomic E-state index is 0.0115. The third kappa shape index (κ3) is 6.57. The highest BCUT2D eigenvalue weighted by atomic mass is 32.2. The summed E-state index contributed by atoms with van der Waals surface area (Å²) < 4.78 is 66.0. The molecule has 0 aliphatic heterocycles. The van der Waals surface area contributed by atoms with Gasteiger partial charge < -0.3 is 5.32 Å². The number of amides is 1. The predicted molar refractivity (Wildman–Crippen MR) is 104 cm³/mol. The van der Waals surface area contributed by atoms with Gasteiger partial charge >= 0.3 is 6.18 Å². The van der Waals surface area contributed by atoms with Crippen LogP contribution in [0.5, 0.6) is 0 Å². The summed E-state index contributed by atoms with van der Waals surface area (Å²) in [6.07, 6.45) is -4.44. The molecule has 0 aliphatic carbocycles. The second kappa shape index (κ2) is 8.54. The zero-order valence-corrected chi connectivity index (χ0v) is 17.1. The standard InChI is InChI=1S/C20H23F3N2O3S/c1-19(2,3)25-29(27,28)16-10-8-15(9-11-16)18(26)24-13-12-14-6-4-5-7-17(14)20(21,22)23/h4-11,25H,12-13H2,1-3H3,(H,24,26). The van der Waals surface area contributed by atoms with Crippen molar-refractivity contribution in [2.45, 2.75) is 43.8 Å². The number of hydrogen-bond acceptors (Lipinski definition) is 3. The Labute approximate surface area is 168 Å². The SMILES string of the molecule is CC(C)(C)NS(=O)(=O)c1ccc(C(=O)NCCc2ccccc2C(F)(F)F)cc1. The largest absolute Gasteiger partial charge is 0.416 e. The van der Waals surface area contributed by atoms with Crippen LogP contribution in [0.4, 0.5) is 13.2 Å². The van der Waals surface area contributed by atoms with Gasteiger partial charge in [0.2, 0.25) is 10.0 Å². The molecule has 5 nitrogen and oxygen atoms in total. The highest BCUT2D eigenvalue weighted by Crippen LogP contribution is 2.31. The fourth-order valence-corrected chi connectivity index (χ4v) is 4.09. The van der Waals surface area contributed by atoms with E-state index in [0.717, 1.165) is 6.07 Å². The molecule has 2 N–H and O–H groups in total. The molecule has 1 amide bonds. The lowest BCUT2D eigenvalue weighted by molar-refractivity contribution is -0.138. The number of sulfonamides is 1. The van der Waals surface area contributed by atoms with Crippen molar-refractivity contribution in [3.8, 4) is 0 Å². The zero-order valence-electron chi connectivity index (χ0n) is 16.3. The second-order valence-corrected chi connectivity index (χ2v) is 9.22. The second-order valence-electron chi connectivity index (χ2n) is 7.54. The van der Waals surface area contributed by atoms with Crippen molar-refractivity contribution >= 4 is 15.9 Å². The maximum Gasteiger partial charge on any atom is 0.416 e. The first kappa shape index (κ1) is 22.9. The van der Waals surface area contributed by atoms with Crippen molar-refractivity contribution in [2.75, 3.05) is 6.54 Å². The molecule has 2 aromatic carbocycles. The third-order valence-electron chi connectivity index (χ3n) is 3.87. The van der Waals surface area contributed by atoms with Gasteiger partial charge in [0, 0.05) is 17.6 Å². The van der Waals surface area contributed by atoms with E-state index < -0.39 is 33.2 Å². The summed E-state index contributed by atoms with van der Waals surface area (Å²) in [7, 11) is -3.72. The Morgan fingerprint density at radius 2 is 1.55 bits per heavy atom. The summed E-state index contributed by atoms with van der Waals surface area (Å²) in [5.74, 6) is -0.498. The molecule has 0 saturated heterocycles. The Morgan fingerprint density at radius 3 is 2.10 bits per heavy atom. The van der Waals surface area contributed by atoms with Gasteiger partial charge in [-0.15, -0.1) is 0 Å². The summed E-state index contributed by atoms with van der Waals surface area (Å²) in [5, 5.41) is 2.55. The Hall–Kier alpha value is -2.39. The molecule has 9 heteroatoms. The minimum atomic E-state index is -4.46. The summed E-state index contributed by atoms with van der Waals surface area (Å²) in [4.78, 5) is 12.2. The molecule has 0 spiro atoms. The number of alkyl halides is 3. The van der Waals surface area contributed by atoms with Gasteiger partial charge in [-0.3, -0.25) is 4.79 Å². The summed E-state index contributed by atoms with van der Waals surface area (Å²) in [6.45, 7) is 5.15. The fraction of sp³-hybridized carbons (Fsp3) is 0.350.